The van der Waals surface area contributed by atoms with Gasteiger partial charge in [-0.3, -0.25) is 0 Å². The van der Waals surface area contributed by atoms with Gasteiger partial charge in [-0.2, -0.15) is 0 Å². The van der Waals surface area contributed by atoms with Gasteiger partial charge in [0.05, 0.1) is 0 Å². The average Bonchev–Trinajstić information content (AvgIpc) is 2.07. The van der Waals surface area contributed by atoms with E-state index in [2.05, 4.69) is 12.2 Å². The predicted molar refractivity (Wildman–Crippen MR) is 47.5 cm³/mol. The topological polar surface area (TPSA) is 49.9 Å². The van der Waals surface area contributed by atoms with E-state index in [4.69, 9.17) is 11.1 Å². The van der Waals surface area contributed by atoms with Crippen molar-refractivity contribution in [2.24, 2.45) is 5.73 Å². The molecular formula is C9H12N2. The Hall–Kier alpha value is -1.31. The summed E-state index contributed by atoms with van der Waals surface area (Å²) in [5.74, 6) is 0. The molecule has 2 nitrogen and oxygen atoms in total. The molecule has 0 saturated carbocycles. The molecule has 1 aliphatic rings. The number of rotatable bonds is 2. The average molecular weight is 148 g/mol. The molecule has 3 N–H and O–H groups in total. The normalized spacial score (nSPS) is 17.8. The number of nitrogens with two attached hydrogens (primary N) is 1. The third-order valence-corrected chi connectivity index (χ3v) is 1.59. The lowest BCUT2D eigenvalue weighted by Crippen LogP contribution is -2.01. The van der Waals surface area contributed by atoms with Crippen LogP contribution >= 0.6 is 0 Å². The van der Waals surface area contributed by atoms with Gasteiger partial charge in [-0.25, -0.2) is 0 Å². The molecule has 0 aromatic carbocycles. The van der Waals surface area contributed by atoms with Gasteiger partial charge in [0, 0.05) is 11.9 Å². The Kier molecular flexibility index (Phi) is 2.66. The second-order valence-corrected chi connectivity index (χ2v) is 2.43. The second-order valence-electron chi connectivity index (χ2n) is 2.43. The molecule has 0 saturated heterocycles. The summed E-state index contributed by atoms with van der Waals surface area (Å²) < 4.78 is 0. The molecule has 58 valence electrons. The highest BCUT2D eigenvalue weighted by Crippen LogP contribution is 2.13. The van der Waals surface area contributed by atoms with Crippen molar-refractivity contribution in [2.45, 2.75) is 12.8 Å². The lowest BCUT2D eigenvalue weighted by Gasteiger charge is -2.05. The first-order chi connectivity index (χ1) is 5.34. The van der Waals surface area contributed by atoms with Gasteiger partial charge in [-0.15, -0.1) is 0 Å². The van der Waals surface area contributed by atoms with Crippen molar-refractivity contribution >= 4 is 6.21 Å². The SMILES string of the molecule is N=CC=C(N)C1=CCCC=C1. The molecule has 0 spiro atoms. The fourth-order valence-electron chi connectivity index (χ4n) is 1.01. The molecule has 0 atom stereocenters. The van der Waals surface area contributed by atoms with Gasteiger partial charge in [0.2, 0.25) is 0 Å². The van der Waals surface area contributed by atoms with E-state index in [0.29, 0.717) is 5.70 Å². The van der Waals surface area contributed by atoms with Crippen LogP contribution < -0.4 is 5.73 Å². The Balaban J connectivity index is 2.74. The first kappa shape index (κ1) is 7.79. The molecule has 0 unspecified atom stereocenters. The van der Waals surface area contributed by atoms with Crippen LogP contribution in [0.4, 0.5) is 0 Å². The van der Waals surface area contributed by atoms with Crippen LogP contribution in [0.15, 0.2) is 35.6 Å². The van der Waals surface area contributed by atoms with E-state index in [0.717, 1.165) is 18.4 Å². The summed E-state index contributed by atoms with van der Waals surface area (Å²) in [6.45, 7) is 0. The maximum Gasteiger partial charge on any atom is 0.0399 e. The summed E-state index contributed by atoms with van der Waals surface area (Å²) in [5.41, 5.74) is 7.37. The van der Waals surface area contributed by atoms with E-state index in [1.807, 2.05) is 6.08 Å². The fraction of sp³-hybridized carbons (Fsp3) is 0.222. The number of hydrogen-bond acceptors (Lipinski definition) is 2. The van der Waals surface area contributed by atoms with E-state index in [1.165, 1.54) is 6.21 Å². The summed E-state index contributed by atoms with van der Waals surface area (Å²) >= 11 is 0. The van der Waals surface area contributed by atoms with E-state index in [9.17, 15) is 0 Å². The highest BCUT2D eigenvalue weighted by atomic mass is 14.6. The molecule has 0 fully saturated rings. The van der Waals surface area contributed by atoms with Crippen molar-refractivity contribution < 1.29 is 0 Å². The Morgan fingerprint density at radius 1 is 1.55 bits per heavy atom. The molecule has 0 heterocycles. The molecule has 0 amide bonds. The summed E-state index contributed by atoms with van der Waals surface area (Å²) in [5, 5.41) is 6.82. The first-order valence-electron chi connectivity index (χ1n) is 3.68. The molecule has 0 aromatic heterocycles. The number of hydrogen-bond donors (Lipinski definition) is 2. The molecule has 11 heavy (non-hydrogen) atoms. The van der Waals surface area contributed by atoms with Gasteiger partial charge in [0.1, 0.15) is 0 Å². The van der Waals surface area contributed by atoms with Crippen LogP contribution in [0.5, 0.6) is 0 Å². The predicted octanol–water partition coefficient (Wildman–Crippen LogP) is 1.75. The van der Waals surface area contributed by atoms with Crippen molar-refractivity contribution in [3.8, 4) is 0 Å². The molecule has 0 aromatic rings. The second kappa shape index (κ2) is 3.76. The van der Waals surface area contributed by atoms with Crippen molar-refractivity contribution in [1.82, 2.24) is 0 Å². The van der Waals surface area contributed by atoms with Crippen LogP contribution in [0.3, 0.4) is 0 Å². The quantitative estimate of drug-likeness (QED) is 0.576. The lowest BCUT2D eigenvalue weighted by molar-refractivity contribution is 1.02. The van der Waals surface area contributed by atoms with Crippen molar-refractivity contribution in [3.05, 3.63) is 35.6 Å². The molecule has 0 bridgehead atoms. The minimum atomic E-state index is 0.677. The van der Waals surface area contributed by atoms with Crippen molar-refractivity contribution in [2.75, 3.05) is 0 Å². The standard InChI is InChI=1S/C9H12N2/c10-7-6-9(11)8-4-2-1-3-5-8/h2,4-7,10H,1,3,11H2. The largest absolute Gasteiger partial charge is 0.398 e. The van der Waals surface area contributed by atoms with Gasteiger partial charge in [0.15, 0.2) is 0 Å². The van der Waals surface area contributed by atoms with E-state index in [1.54, 1.807) is 6.08 Å². The molecule has 1 aliphatic carbocycles. The van der Waals surface area contributed by atoms with Crippen LogP contribution in [-0.4, -0.2) is 6.21 Å². The fourth-order valence-corrected chi connectivity index (χ4v) is 1.01. The molecule has 2 heteroatoms. The Morgan fingerprint density at radius 2 is 2.36 bits per heavy atom. The minimum Gasteiger partial charge on any atom is -0.398 e. The Labute approximate surface area is 66.6 Å². The number of nitrogens with one attached hydrogen (secondary N) is 1. The van der Waals surface area contributed by atoms with Gasteiger partial charge in [-0.05, 0) is 24.5 Å². The van der Waals surface area contributed by atoms with E-state index >= 15 is 0 Å². The first-order valence-corrected chi connectivity index (χ1v) is 3.68. The number of allylic oxidation sites excluding steroid dienone is 4. The van der Waals surface area contributed by atoms with Crippen LogP contribution in [-0.2, 0) is 0 Å². The van der Waals surface area contributed by atoms with Crippen LogP contribution in [0.2, 0.25) is 0 Å². The van der Waals surface area contributed by atoms with Crippen LogP contribution in [0.25, 0.3) is 0 Å². The Morgan fingerprint density at radius 3 is 2.91 bits per heavy atom. The zero-order chi connectivity index (χ0) is 8.10. The monoisotopic (exact) mass is 148 g/mol. The van der Waals surface area contributed by atoms with Gasteiger partial charge >= 0.3 is 0 Å². The minimum absolute atomic E-state index is 0.677. The van der Waals surface area contributed by atoms with Gasteiger partial charge in [0.25, 0.3) is 0 Å². The third kappa shape index (κ3) is 2.08. The molecular weight excluding hydrogens is 136 g/mol. The molecule has 0 aliphatic heterocycles. The Bertz CT molecular complexity index is 234. The van der Waals surface area contributed by atoms with Crippen LogP contribution in [0, 0.1) is 5.41 Å². The van der Waals surface area contributed by atoms with Crippen molar-refractivity contribution in [3.63, 3.8) is 0 Å². The summed E-state index contributed by atoms with van der Waals surface area (Å²) in [4.78, 5) is 0. The summed E-state index contributed by atoms with van der Waals surface area (Å²) in [7, 11) is 0. The lowest BCUT2D eigenvalue weighted by atomic mass is 10.0. The summed E-state index contributed by atoms with van der Waals surface area (Å²) in [6, 6.07) is 0. The maximum absolute atomic E-state index is 6.82. The van der Waals surface area contributed by atoms with Crippen LogP contribution in [0.1, 0.15) is 12.8 Å². The maximum atomic E-state index is 6.82. The highest BCUT2D eigenvalue weighted by molar-refractivity contribution is 5.70. The third-order valence-electron chi connectivity index (χ3n) is 1.59. The molecule has 0 radical (unpaired) electrons. The van der Waals surface area contributed by atoms with Crippen molar-refractivity contribution in [1.29, 1.82) is 5.41 Å². The zero-order valence-electron chi connectivity index (χ0n) is 6.38. The zero-order valence-corrected chi connectivity index (χ0v) is 6.38. The summed E-state index contributed by atoms with van der Waals surface area (Å²) in [6.07, 6.45) is 11.1. The highest BCUT2D eigenvalue weighted by Gasteiger charge is 1.98. The van der Waals surface area contributed by atoms with E-state index in [-0.39, 0.29) is 0 Å². The molecule has 1 rings (SSSR count). The van der Waals surface area contributed by atoms with E-state index < -0.39 is 0 Å². The van der Waals surface area contributed by atoms with Gasteiger partial charge in [-0.1, -0.05) is 18.2 Å². The van der Waals surface area contributed by atoms with Gasteiger partial charge < -0.3 is 11.1 Å². The smallest absolute Gasteiger partial charge is 0.0399 e.